The van der Waals surface area contributed by atoms with E-state index in [1.54, 1.807) is 0 Å². The highest BCUT2D eigenvalue weighted by molar-refractivity contribution is 5.77. The fourth-order valence-electron chi connectivity index (χ4n) is 1.75. The van der Waals surface area contributed by atoms with Crippen LogP contribution in [0.3, 0.4) is 0 Å². The van der Waals surface area contributed by atoms with E-state index in [0.717, 1.165) is 5.56 Å². The highest BCUT2D eigenvalue weighted by Crippen LogP contribution is 2.16. The number of hydrogen-bond donors (Lipinski definition) is 2. The van der Waals surface area contributed by atoms with Crippen LogP contribution in [0.25, 0.3) is 0 Å². The highest BCUT2D eigenvalue weighted by atomic mass is 19.1. The van der Waals surface area contributed by atoms with E-state index >= 15 is 0 Å². The van der Waals surface area contributed by atoms with Crippen LogP contribution < -0.4 is 5.32 Å². The van der Waals surface area contributed by atoms with Crippen LogP contribution in [0.4, 0.5) is 4.39 Å². The topological polar surface area (TPSA) is 75.6 Å². The molecule has 2 N–H and O–H groups in total. The number of ether oxygens (including phenoxy) is 1. The second kappa shape index (κ2) is 8.36. The number of amides is 1. The number of carbonyl (C=O) groups excluding carboxylic acids is 2. The molecule has 1 rings (SSSR count). The van der Waals surface area contributed by atoms with Gasteiger partial charge in [0.1, 0.15) is 12.3 Å². The normalized spacial score (nSPS) is 13.3. The van der Waals surface area contributed by atoms with Crippen LogP contribution in [0.1, 0.15) is 25.3 Å². The molecule has 5 nitrogen and oxygen atoms in total. The lowest BCUT2D eigenvalue weighted by atomic mass is 9.97. The SMILES string of the molecule is CC(=O)OCCC(O)(CF)CC(=O)NCc1ccccc1. The van der Waals surface area contributed by atoms with Crippen LogP contribution in [0.5, 0.6) is 0 Å². The van der Waals surface area contributed by atoms with E-state index in [9.17, 15) is 19.1 Å². The zero-order chi connectivity index (χ0) is 15.7. The van der Waals surface area contributed by atoms with Crippen molar-refractivity contribution in [2.75, 3.05) is 13.3 Å². The number of halogens is 1. The van der Waals surface area contributed by atoms with Crippen molar-refractivity contribution in [1.82, 2.24) is 5.32 Å². The molecule has 0 saturated heterocycles. The second-order valence-electron chi connectivity index (χ2n) is 4.89. The minimum atomic E-state index is -1.81. The average Bonchev–Trinajstić information content (AvgIpc) is 2.46. The summed E-state index contributed by atoms with van der Waals surface area (Å²) in [5, 5.41) is 12.6. The van der Waals surface area contributed by atoms with Crippen molar-refractivity contribution in [1.29, 1.82) is 0 Å². The van der Waals surface area contributed by atoms with Gasteiger partial charge in [-0.05, 0) is 5.56 Å². The van der Waals surface area contributed by atoms with Crippen molar-refractivity contribution in [3.8, 4) is 0 Å². The minimum Gasteiger partial charge on any atom is -0.466 e. The maximum atomic E-state index is 12.9. The first-order chi connectivity index (χ1) is 9.95. The van der Waals surface area contributed by atoms with Crippen molar-refractivity contribution >= 4 is 11.9 Å². The molecule has 1 aromatic carbocycles. The average molecular weight is 297 g/mol. The molecule has 0 spiro atoms. The molecule has 0 radical (unpaired) electrons. The standard InChI is InChI=1S/C15H20FNO4/c1-12(18)21-8-7-15(20,11-16)9-14(19)17-10-13-5-3-2-4-6-13/h2-6,20H,7-11H2,1H3,(H,17,19). The molecule has 0 aliphatic rings. The number of esters is 1. The maximum absolute atomic E-state index is 12.9. The minimum absolute atomic E-state index is 0.123. The predicted molar refractivity (Wildman–Crippen MR) is 75.1 cm³/mol. The number of alkyl halides is 1. The Labute approximate surface area is 123 Å². The molecular weight excluding hydrogens is 277 g/mol. The Morgan fingerprint density at radius 3 is 2.57 bits per heavy atom. The van der Waals surface area contributed by atoms with E-state index in [1.807, 2.05) is 30.3 Å². The molecule has 0 aliphatic carbocycles. The Kier molecular flexibility index (Phi) is 6.81. The summed E-state index contributed by atoms with van der Waals surface area (Å²) in [5.74, 6) is -0.966. The van der Waals surface area contributed by atoms with Crippen molar-refractivity contribution in [2.45, 2.75) is 31.9 Å². The zero-order valence-corrected chi connectivity index (χ0v) is 12.0. The van der Waals surface area contributed by atoms with Gasteiger partial charge in [-0.1, -0.05) is 30.3 Å². The summed E-state index contributed by atoms with van der Waals surface area (Å²) in [6.45, 7) is 0.335. The third kappa shape index (κ3) is 6.85. The van der Waals surface area contributed by atoms with Crippen molar-refractivity contribution < 1.29 is 23.8 Å². The maximum Gasteiger partial charge on any atom is 0.302 e. The molecule has 1 aromatic rings. The second-order valence-corrected chi connectivity index (χ2v) is 4.89. The number of aliphatic hydroxyl groups is 1. The Hall–Kier alpha value is -1.95. The Morgan fingerprint density at radius 1 is 1.33 bits per heavy atom. The molecule has 1 unspecified atom stereocenters. The number of hydrogen-bond acceptors (Lipinski definition) is 4. The van der Waals surface area contributed by atoms with E-state index in [1.165, 1.54) is 6.92 Å². The Morgan fingerprint density at radius 2 is 2.00 bits per heavy atom. The van der Waals surface area contributed by atoms with Crippen molar-refractivity contribution in [3.63, 3.8) is 0 Å². The molecule has 0 fully saturated rings. The summed E-state index contributed by atoms with van der Waals surface area (Å²) >= 11 is 0. The van der Waals surface area contributed by atoms with Gasteiger partial charge in [0.15, 0.2) is 0 Å². The summed E-state index contributed by atoms with van der Waals surface area (Å²) < 4.78 is 17.6. The fourth-order valence-corrected chi connectivity index (χ4v) is 1.75. The first-order valence-corrected chi connectivity index (χ1v) is 6.67. The van der Waals surface area contributed by atoms with Gasteiger partial charge in [0.05, 0.1) is 13.0 Å². The van der Waals surface area contributed by atoms with E-state index < -0.39 is 24.2 Å². The van der Waals surface area contributed by atoms with E-state index in [4.69, 9.17) is 0 Å². The fraction of sp³-hybridized carbons (Fsp3) is 0.467. The van der Waals surface area contributed by atoms with Crippen molar-refractivity contribution in [2.24, 2.45) is 0 Å². The lowest BCUT2D eigenvalue weighted by Gasteiger charge is -2.23. The predicted octanol–water partition coefficient (Wildman–Crippen LogP) is 1.35. The van der Waals surface area contributed by atoms with Crippen molar-refractivity contribution in [3.05, 3.63) is 35.9 Å². The summed E-state index contributed by atoms with van der Waals surface area (Å²) in [6.07, 6.45) is -0.501. The summed E-state index contributed by atoms with van der Waals surface area (Å²) in [7, 11) is 0. The molecule has 21 heavy (non-hydrogen) atoms. The number of nitrogens with one attached hydrogen (secondary N) is 1. The number of benzene rings is 1. The molecular formula is C15H20FNO4. The number of carbonyl (C=O) groups is 2. The van der Waals surface area contributed by atoms with Gasteiger partial charge < -0.3 is 15.2 Å². The monoisotopic (exact) mass is 297 g/mol. The lowest BCUT2D eigenvalue weighted by Crippen LogP contribution is -2.39. The first-order valence-electron chi connectivity index (χ1n) is 6.67. The van der Waals surface area contributed by atoms with Crippen LogP contribution in [0.15, 0.2) is 30.3 Å². The molecule has 0 bridgehead atoms. The first kappa shape index (κ1) is 17.1. The largest absolute Gasteiger partial charge is 0.466 e. The van der Waals surface area contributed by atoms with Crippen LogP contribution in [0.2, 0.25) is 0 Å². The van der Waals surface area contributed by atoms with E-state index in [-0.39, 0.29) is 19.4 Å². The molecule has 0 aromatic heterocycles. The van der Waals surface area contributed by atoms with Gasteiger partial charge in [0.25, 0.3) is 0 Å². The van der Waals surface area contributed by atoms with Crippen LogP contribution in [-0.2, 0) is 20.9 Å². The van der Waals surface area contributed by atoms with Crippen LogP contribution in [0, 0.1) is 0 Å². The van der Waals surface area contributed by atoms with Gasteiger partial charge in [-0.3, -0.25) is 9.59 Å². The van der Waals surface area contributed by atoms with Gasteiger partial charge in [-0.15, -0.1) is 0 Å². The molecule has 0 saturated carbocycles. The van der Waals surface area contributed by atoms with Gasteiger partial charge in [0.2, 0.25) is 5.91 Å². The molecule has 0 heterocycles. The Bertz CT molecular complexity index is 466. The summed E-state index contributed by atoms with van der Waals surface area (Å²) in [5.41, 5.74) is -0.898. The van der Waals surface area contributed by atoms with Gasteiger partial charge >= 0.3 is 5.97 Å². The Balaban J connectivity index is 2.40. The summed E-state index contributed by atoms with van der Waals surface area (Å²) in [6, 6.07) is 9.25. The zero-order valence-electron chi connectivity index (χ0n) is 12.0. The van der Waals surface area contributed by atoms with E-state index in [0.29, 0.717) is 6.54 Å². The third-order valence-electron chi connectivity index (χ3n) is 2.94. The quantitative estimate of drug-likeness (QED) is 0.710. The molecule has 0 aliphatic heterocycles. The molecule has 116 valence electrons. The molecule has 6 heteroatoms. The highest BCUT2D eigenvalue weighted by Gasteiger charge is 2.30. The third-order valence-corrected chi connectivity index (χ3v) is 2.94. The van der Waals surface area contributed by atoms with Crippen LogP contribution in [-0.4, -0.2) is 35.9 Å². The van der Waals surface area contributed by atoms with E-state index in [2.05, 4.69) is 10.1 Å². The van der Waals surface area contributed by atoms with Gasteiger partial charge in [-0.25, -0.2) is 4.39 Å². The van der Waals surface area contributed by atoms with Gasteiger partial charge in [-0.2, -0.15) is 0 Å². The van der Waals surface area contributed by atoms with Gasteiger partial charge in [0, 0.05) is 19.9 Å². The smallest absolute Gasteiger partial charge is 0.302 e. The molecule has 1 atom stereocenters. The van der Waals surface area contributed by atoms with Crippen LogP contribution >= 0.6 is 0 Å². The summed E-state index contributed by atoms with van der Waals surface area (Å²) in [4.78, 5) is 22.4. The lowest BCUT2D eigenvalue weighted by molar-refractivity contribution is -0.143. The molecule has 1 amide bonds. The number of rotatable bonds is 8.